The first-order valence-electron chi connectivity index (χ1n) is 5.53. The largest absolute Gasteiger partial charge is 0.348 e. The van der Waals surface area contributed by atoms with Crippen LogP contribution in [0, 0.1) is 0 Å². The minimum Gasteiger partial charge on any atom is -0.348 e. The topological polar surface area (TPSA) is 41.1 Å². The van der Waals surface area contributed by atoms with Gasteiger partial charge in [0.15, 0.2) is 0 Å². The molecular formula is C12H15BrN2O. The molecule has 86 valence electrons. The molecule has 1 aliphatic rings. The molecule has 0 spiro atoms. The molecule has 0 aliphatic carbocycles. The summed E-state index contributed by atoms with van der Waals surface area (Å²) in [5, 5.41) is 6.32. The Morgan fingerprint density at radius 2 is 2.12 bits per heavy atom. The first kappa shape index (κ1) is 11.6. The number of hydrogen-bond acceptors (Lipinski definition) is 2. The number of rotatable bonds is 2. The van der Waals surface area contributed by atoms with E-state index < -0.39 is 0 Å². The van der Waals surface area contributed by atoms with E-state index in [1.807, 2.05) is 24.3 Å². The highest BCUT2D eigenvalue weighted by Gasteiger charge is 2.15. The zero-order chi connectivity index (χ0) is 11.4. The van der Waals surface area contributed by atoms with Gasteiger partial charge < -0.3 is 10.6 Å². The van der Waals surface area contributed by atoms with E-state index >= 15 is 0 Å². The monoisotopic (exact) mass is 282 g/mol. The third kappa shape index (κ3) is 3.06. The number of benzene rings is 1. The molecule has 0 saturated carbocycles. The fourth-order valence-electron chi connectivity index (χ4n) is 1.85. The maximum absolute atomic E-state index is 11.9. The van der Waals surface area contributed by atoms with Gasteiger partial charge in [-0.1, -0.05) is 15.9 Å². The molecule has 1 atom stereocenters. The van der Waals surface area contributed by atoms with E-state index in [1.165, 1.54) is 0 Å². The molecular weight excluding hydrogens is 268 g/mol. The lowest BCUT2D eigenvalue weighted by molar-refractivity contribution is 0.0930. The van der Waals surface area contributed by atoms with Gasteiger partial charge in [-0.25, -0.2) is 0 Å². The van der Waals surface area contributed by atoms with Crippen LogP contribution in [0.5, 0.6) is 0 Å². The summed E-state index contributed by atoms with van der Waals surface area (Å²) in [7, 11) is 0. The number of amides is 1. The van der Waals surface area contributed by atoms with Gasteiger partial charge >= 0.3 is 0 Å². The molecule has 1 aromatic carbocycles. The van der Waals surface area contributed by atoms with Crippen molar-refractivity contribution in [3.63, 3.8) is 0 Å². The molecule has 0 radical (unpaired) electrons. The Labute approximate surface area is 104 Å². The van der Waals surface area contributed by atoms with Crippen molar-refractivity contribution >= 4 is 21.8 Å². The molecule has 2 N–H and O–H groups in total. The zero-order valence-electron chi connectivity index (χ0n) is 9.00. The van der Waals surface area contributed by atoms with Gasteiger partial charge in [-0.15, -0.1) is 0 Å². The van der Waals surface area contributed by atoms with Gasteiger partial charge in [-0.05, 0) is 43.7 Å². The molecule has 16 heavy (non-hydrogen) atoms. The van der Waals surface area contributed by atoms with E-state index in [0.717, 1.165) is 30.4 Å². The van der Waals surface area contributed by atoms with Crippen LogP contribution in [-0.2, 0) is 0 Å². The molecule has 2 rings (SSSR count). The van der Waals surface area contributed by atoms with E-state index in [1.54, 1.807) is 0 Å². The van der Waals surface area contributed by atoms with Gasteiger partial charge in [0.25, 0.3) is 5.91 Å². The van der Waals surface area contributed by atoms with Crippen molar-refractivity contribution in [2.24, 2.45) is 0 Å². The van der Waals surface area contributed by atoms with Crippen molar-refractivity contribution in [2.45, 2.75) is 18.9 Å². The number of carbonyl (C=O) groups is 1. The van der Waals surface area contributed by atoms with Gasteiger partial charge in [0.05, 0.1) is 0 Å². The summed E-state index contributed by atoms with van der Waals surface area (Å²) in [6, 6.07) is 7.69. The number of carbonyl (C=O) groups excluding carboxylic acids is 1. The quantitative estimate of drug-likeness (QED) is 0.870. The smallest absolute Gasteiger partial charge is 0.251 e. The summed E-state index contributed by atoms with van der Waals surface area (Å²) in [5.74, 6) is 0.0150. The normalized spacial score (nSPS) is 20.4. The van der Waals surface area contributed by atoms with Gasteiger partial charge in [0.1, 0.15) is 0 Å². The Morgan fingerprint density at radius 1 is 1.38 bits per heavy atom. The number of halogens is 1. The predicted octanol–water partition coefficient (Wildman–Crippen LogP) is 1.93. The molecule has 1 heterocycles. The third-order valence-electron chi connectivity index (χ3n) is 2.74. The van der Waals surface area contributed by atoms with Crippen LogP contribution in [0.15, 0.2) is 28.7 Å². The Balaban J connectivity index is 1.94. The summed E-state index contributed by atoms with van der Waals surface area (Å²) >= 11 is 3.35. The first-order chi connectivity index (χ1) is 7.75. The average molecular weight is 283 g/mol. The van der Waals surface area contributed by atoms with E-state index in [-0.39, 0.29) is 11.9 Å². The van der Waals surface area contributed by atoms with Crippen LogP contribution < -0.4 is 10.6 Å². The lowest BCUT2D eigenvalue weighted by Gasteiger charge is -2.23. The van der Waals surface area contributed by atoms with Crippen molar-refractivity contribution in [1.29, 1.82) is 0 Å². The zero-order valence-corrected chi connectivity index (χ0v) is 10.6. The summed E-state index contributed by atoms with van der Waals surface area (Å²) < 4.78 is 0.989. The second-order valence-corrected chi connectivity index (χ2v) is 4.94. The van der Waals surface area contributed by atoms with Gasteiger partial charge in [0, 0.05) is 22.6 Å². The average Bonchev–Trinajstić information content (AvgIpc) is 2.31. The molecule has 1 aliphatic heterocycles. The van der Waals surface area contributed by atoms with Crippen LogP contribution >= 0.6 is 15.9 Å². The van der Waals surface area contributed by atoms with Crippen molar-refractivity contribution in [3.8, 4) is 0 Å². The summed E-state index contributed by atoms with van der Waals surface area (Å²) in [6.07, 6.45) is 2.19. The second-order valence-electron chi connectivity index (χ2n) is 4.02. The van der Waals surface area contributed by atoms with Crippen LogP contribution in [0.4, 0.5) is 0 Å². The maximum atomic E-state index is 11.9. The molecule has 0 unspecified atom stereocenters. The van der Waals surface area contributed by atoms with Crippen molar-refractivity contribution in [2.75, 3.05) is 13.1 Å². The Hall–Kier alpha value is -0.870. The minimum absolute atomic E-state index is 0.0150. The molecule has 0 aromatic heterocycles. The predicted molar refractivity (Wildman–Crippen MR) is 67.5 cm³/mol. The SMILES string of the molecule is O=C(N[C@H]1CCCNC1)c1ccc(Br)cc1. The molecule has 1 fully saturated rings. The molecule has 3 nitrogen and oxygen atoms in total. The van der Waals surface area contributed by atoms with Crippen LogP contribution in [-0.4, -0.2) is 25.0 Å². The summed E-state index contributed by atoms with van der Waals surface area (Å²) in [5.41, 5.74) is 0.716. The fraction of sp³-hybridized carbons (Fsp3) is 0.417. The van der Waals surface area contributed by atoms with E-state index in [2.05, 4.69) is 26.6 Å². The standard InChI is InChI=1S/C12H15BrN2O/c13-10-5-3-9(4-6-10)12(16)15-11-2-1-7-14-8-11/h3-6,11,14H,1-2,7-8H2,(H,15,16)/t11-/m0/s1. The third-order valence-corrected chi connectivity index (χ3v) is 3.27. The molecule has 0 bridgehead atoms. The molecule has 1 amide bonds. The first-order valence-corrected chi connectivity index (χ1v) is 6.32. The van der Waals surface area contributed by atoms with Crippen LogP contribution in [0.25, 0.3) is 0 Å². The molecule has 4 heteroatoms. The fourth-order valence-corrected chi connectivity index (χ4v) is 2.11. The van der Waals surface area contributed by atoms with Crippen LogP contribution in [0.2, 0.25) is 0 Å². The Morgan fingerprint density at radius 3 is 2.75 bits per heavy atom. The van der Waals surface area contributed by atoms with Gasteiger partial charge in [-0.2, -0.15) is 0 Å². The van der Waals surface area contributed by atoms with Gasteiger partial charge in [0.2, 0.25) is 0 Å². The summed E-state index contributed by atoms with van der Waals surface area (Å²) in [4.78, 5) is 11.9. The van der Waals surface area contributed by atoms with E-state index in [0.29, 0.717) is 5.56 Å². The number of hydrogen-bond donors (Lipinski definition) is 2. The second kappa shape index (κ2) is 5.46. The van der Waals surface area contributed by atoms with Crippen LogP contribution in [0.3, 0.4) is 0 Å². The maximum Gasteiger partial charge on any atom is 0.251 e. The Bertz CT molecular complexity index is 358. The van der Waals surface area contributed by atoms with Crippen molar-refractivity contribution < 1.29 is 4.79 Å². The highest BCUT2D eigenvalue weighted by molar-refractivity contribution is 9.10. The highest BCUT2D eigenvalue weighted by Crippen LogP contribution is 2.11. The van der Waals surface area contributed by atoms with Crippen molar-refractivity contribution in [1.82, 2.24) is 10.6 Å². The summed E-state index contributed by atoms with van der Waals surface area (Å²) in [6.45, 7) is 1.94. The minimum atomic E-state index is 0.0150. The number of piperidine rings is 1. The van der Waals surface area contributed by atoms with Crippen molar-refractivity contribution in [3.05, 3.63) is 34.3 Å². The van der Waals surface area contributed by atoms with Gasteiger partial charge in [-0.3, -0.25) is 4.79 Å². The van der Waals surface area contributed by atoms with E-state index in [9.17, 15) is 4.79 Å². The molecule has 1 saturated heterocycles. The lowest BCUT2D eigenvalue weighted by Crippen LogP contribution is -2.45. The number of nitrogens with one attached hydrogen (secondary N) is 2. The molecule has 1 aromatic rings. The lowest BCUT2D eigenvalue weighted by atomic mass is 10.1. The van der Waals surface area contributed by atoms with Crippen LogP contribution in [0.1, 0.15) is 23.2 Å². The highest BCUT2D eigenvalue weighted by atomic mass is 79.9. The van der Waals surface area contributed by atoms with E-state index in [4.69, 9.17) is 0 Å². The Kier molecular flexibility index (Phi) is 3.96.